The SMILES string of the molecule is CCC1CCCC(C(C)(O)c2cc3ccccc3s2)C1. The molecule has 108 valence electrons. The van der Waals surface area contributed by atoms with Crippen LogP contribution in [0.15, 0.2) is 30.3 Å². The van der Waals surface area contributed by atoms with E-state index >= 15 is 0 Å². The summed E-state index contributed by atoms with van der Waals surface area (Å²) in [5.74, 6) is 1.21. The summed E-state index contributed by atoms with van der Waals surface area (Å²) in [5.41, 5.74) is -0.669. The number of thiophene rings is 1. The van der Waals surface area contributed by atoms with Crippen LogP contribution in [-0.2, 0) is 5.60 Å². The Kier molecular flexibility index (Phi) is 3.87. The molecular weight excluding hydrogens is 264 g/mol. The van der Waals surface area contributed by atoms with Crippen LogP contribution in [0, 0.1) is 11.8 Å². The highest BCUT2D eigenvalue weighted by molar-refractivity contribution is 7.19. The molecule has 1 fully saturated rings. The van der Waals surface area contributed by atoms with Gasteiger partial charge >= 0.3 is 0 Å². The van der Waals surface area contributed by atoms with Crippen molar-refractivity contribution in [3.05, 3.63) is 35.2 Å². The van der Waals surface area contributed by atoms with Crippen LogP contribution >= 0.6 is 11.3 Å². The van der Waals surface area contributed by atoms with Gasteiger partial charge in [-0.25, -0.2) is 0 Å². The lowest BCUT2D eigenvalue weighted by Gasteiger charge is -2.38. The molecule has 1 saturated carbocycles. The molecule has 0 bridgehead atoms. The van der Waals surface area contributed by atoms with Gasteiger partial charge in [0, 0.05) is 9.58 Å². The molecule has 0 radical (unpaired) electrons. The summed E-state index contributed by atoms with van der Waals surface area (Å²) < 4.78 is 1.28. The predicted molar refractivity (Wildman–Crippen MR) is 87.1 cm³/mol. The fourth-order valence-electron chi connectivity index (χ4n) is 3.60. The lowest BCUT2D eigenvalue weighted by Crippen LogP contribution is -2.34. The monoisotopic (exact) mass is 288 g/mol. The minimum absolute atomic E-state index is 0.411. The number of rotatable bonds is 3. The van der Waals surface area contributed by atoms with Gasteiger partial charge in [-0.1, -0.05) is 44.4 Å². The minimum atomic E-state index is -0.669. The van der Waals surface area contributed by atoms with E-state index < -0.39 is 5.60 Å². The maximum Gasteiger partial charge on any atom is 0.0988 e. The average Bonchev–Trinajstić information content (AvgIpc) is 2.92. The Morgan fingerprint density at radius 1 is 1.30 bits per heavy atom. The Labute approximate surface area is 125 Å². The van der Waals surface area contributed by atoms with E-state index in [2.05, 4.69) is 37.3 Å². The van der Waals surface area contributed by atoms with Gasteiger partial charge in [0.25, 0.3) is 0 Å². The Hall–Kier alpha value is -0.860. The van der Waals surface area contributed by atoms with Crippen molar-refractivity contribution in [3.8, 4) is 0 Å². The van der Waals surface area contributed by atoms with E-state index in [1.165, 1.54) is 35.8 Å². The maximum atomic E-state index is 11.1. The quantitative estimate of drug-likeness (QED) is 0.810. The van der Waals surface area contributed by atoms with E-state index in [1.54, 1.807) is 11.3 Å². The van der Waals surface area contributed by atoms with E-state index in [0.29, 0.717) is 5.92 Å². The number of benzene rings is 1. The van der Waals surface area contributed by atoms with Crippen molar-refractivity contribution >= 4 is 21.4 Å². The fraction of sp³-hybridized carbons (Fsp3) is 0.556. The zero-order valence-electron chi connectivity index (χ0n) is 12.4. The molecule has 3 atom stereocenters. The molecular formula is C18H24OS. The number of fused-ring (bicyclic) bond motifs is 1. The fourth-order valence-corrected chi connectivity index (χ4v) is 4.79. The summed E-state index contributed by atoms with van der Waals surface area (Å²) in [7, 11) is 0. The summed E-state index contributed by atoms with van der Waals surface area (Å²) in [6.07, 6.45) is 6.20. The first-order valence-corrected chi connectivity index (χ1v) is 8.64. The van der Waals surface area contributed by atoms with Crippen LogP contribution < -0.4 is 0 Å². The molecule has 20 heavy (non-hydrogen) atoms. The maximum absolute atomic E-state index is 11.1. The molecule has 1 aromatic carbocycles. The van der Waals surface area contributed by atoms with Crippen LogP contribution in [0.3, 0.4) is 0 Å². The first kappa shape index (κ1) is 14.1. The van der Waals surface area contributed by atoms with E-state index in [9.17, 15) is 5.11 Å². The molecule has 2 heteroatoms. The standard InChI is InChI=1S/C18H24OS/c1-3-13-7-6-9-15(11-13)18(2,19)17-12-14-8-4-5-10-16(14)20-17/h4-5,8,10,12-13,15,19H,3,6-7,9,11H2,1-2H3. The molecule has 2 aromatic rings. The van der Waals surface area contributed by atoms with Crippen molar-refractivity contribution in [1.82, 2.24) is 0 Å². The molecule has 0 spiro atoms. The van der Waals surface area contributed by atoms with Gasteiger partial charge in [-0.3, -0.25) is 0 Å². The van der Waals surface area contributed by atoms with Crippen LogP contribution in [0.2, 0.25) is 0 Å². The summed E-state index contributed by atoms with van der Waals surface area (Å²) in [6.45, 7) is 4.31. The highest BCUT2D eigenvalue weighted by Gasteiger charge is 2.37. The van der Waals surface area contributed by atoms with Crippen molar-refractivity contribution in [3.63, 3.8) is 0 Å². The summed E-state index contributed by atoms with van der Waals surface area (Å²) in [5, 5.41) is 12.4. The second-order valence-corrected chi connectivity index (χ2v) is 7.52. The summed E-state index contributed by atoms with van der Waals surface area (Å²) in [6, 6.07) is 10.6. The number of aliphatic hydroxyl groups is 1. The molecule has 3 rings (SSSR count). The van der Waals surface area contributed by atoms with E-state index in [1.807, 2.05) is 6.92 Å². The molecule has 1 aliphatic rings. The average molecular weight is 288 g/mol. The van der Waals surface area contributed by atoms with Crippen molar-refractivity contribution < 1.29 is 5.11 Å². The third-order valence-electron chi connectivity index (χ3n) is 5.08. The van der Waals surface area contributed by atoms with Crippen LogP contribution in [0.4, 0.5) is 0 Å². The Morgan fingerprint density at radius 3 is 2.85 bits per heavy atom. The van der Waals surface area contributed by atoms with Crippen LogP contribution in [0.1, 0.15) is 50.8 Å². The molecule has 1 aliphatic carbocycles. The van der Waals surface area contributed by atoms with Crippen molar-refractivity contribution in [2.75, 3.05) is 0 Å². The van der Waals surface area contributed by atoms with Gasteiger partial charge < -0.3 is 5.11 Å². The second-order valence-electron chi connectivity index (χ2n) is 6.43. The Balaban J connectivity index is 1.90. The van der Waals surface area contributed by atoms with Gasteiger partial charge in [0.2, 0.25) is 0 Å². The summed E-state index contributed by atoms with van der Waals surface area (Å²) in [4.78, 5) is 1.14. The molecule has 3 unspecified atom stereocenters. The highest BCUT2D eigenvalue weighted by atomic mass is 32.1. The molecule has 0 saturated heterocycles. The van der Waals surface area contributed by atoms with Gasteiger partial charge in [-0.2, -0.15) is 0 Å². The third-order valence-corrected chi connectivity index (χ3v) is 6.42. The molecule has 1 N–H and O–H groups in total. The third kappa shape index (κ3) is 2.51. The Bertz CT molecular complexity index is 551. The molecule has 1 nitrogen and oxygen atoms in total. The zero-order chi connectivity index (χ0) is 14.2. The molecule has 0 aliphatic heterocycles. The lowest BCUT2D eigenvalue weighted by molar-refractivity contribution is -0.0281. The smallest absolute Gasteiger partial charge is 0.0988 e. The van der Waals surface area contributed by atoms with E-state index in [-0.39, 0.29) is 0 Å². The van der Waals surface area contributed by atoms with Crippen LogP contribution in [-0.4, -0.2) is 5.11 Å². The minimum Gasteiger partial charge on any atom is -0.384 e. The van der Waals surface area contributed by atoms with Crippen LogP contribution in [0.25, 0.3) is 10.1 Å². The summed E-state index contributed by atoms with van der Waals surface area (Å²) >= 11 is 1.76. The molecule has 1 heterocycles. The first-order chi connectivity index (χ1) is 9.61. The van der Waals surface area contributed by atoms with Gasteiger partial charge in [-0.15, -0.1) is 11.3 Å². The van der Waals surface area contributed by atoms with Gasteiger partial charge in [-0.05, 0) is 49.1 Å². The number of hydrogen-bond acceptors (Lipinski definition) is 2. The van der Waals surface area contributed by atoms with Gasteiger partial charge in [0.1, 0.15) is 0 Å². The van der Waals surface area contributed by atoms with Crippen molar-refractivity contribution in [2.45, 2.75) is 51.6 Å². The van der Waals surface area contributed by atoms with Gasteiger partial charge in [0.15, 0.2) is 0 Å². The van der Waals surface area contributed by atoms with Crippen molar-refractivity contribution in [2.24, 2.45) is 11.8 Å². The topological polar surface area (TPSA) is 20.2 Å². The van der Waals surface area contributed by atoms with Crippen molar-refractivity contribution in [1.29, 1.82) is 0 Å². The van der Waals surface area contributed by atoms with E-state index in [4.69, 9.17) is 0 Å². The Morgan fingerprint density at radius 2 is 2.10 bits per heavy atom. The van der Waals surface area contributed by atoms with Crippen LogP contribution in [0.5, 0.6) is 0 Å². The predicted octanol–water partition coefficient (Wildman–Crippen LogP) is 5.33. The largest absolute Gasteiger partial charge is 0.384 e. The highest BCUT2D eigenvalue weighted by Crippen LogP contribution is 2.45. The second kappa shape index (κ2) is 5.50. The lowest BCUT2D eigenvalue weighted by atomic mass is 9.72. The van der Waals surface area contributed by atoms with E-state index in [0.717, 1.165) is 17.2 Å². The van der Waals surface area contributed by atoms with Gasteiger partial charge in [0.05, 0.1) is 5.60 Å². The first-order valence-electron chi connectivity index (χ1n) is 7.82. The normalized spacial score (nSPS) is 26.6. The number of hydrogen-bond donors (Lipinski definition) is 1. The molecule has 1 aromatic heterocycles. The zero-order valence-corrected chi connectivity index (χ0v) is 13.2. The molecule has 0 amide bonds.